The molecule has 0 radical (unpaired) electrons. The van der Waals surface area contributed by atoms with Crippen molar-refractivity contribution in [2.75, 3.05) is 14.2 Å². The smallest absolute Gasteiger partial charge is 0.141 e. The monoisotopic (exact) mass is 254 g/mol. The van der Waals surface area contributed by atoms with E-state index in [-0.39, 0.29) is 0 Å². The highest BCUT2D eigenvalue weighted by Gasteiger charge is 2.17. The van der Waals surface area contributed by atoms with E-state index in [2.05, 4.69) is 19.2 Å². The maximum Gasteiger partial charge on any atom is 0.141 e. The topological polar surface area (TPSA) is 18.5 Å². The Morgan fingerprint density at radius 3 is 2.19 bits per heavy atom. The van der Waals surface area contributed by atoms with Crippen LogP contribution in [0.3, 0.4) is 0 Å². The van der Waals surface area contributed by atoms with Crippen molar-refractivity contribution in [3.8, 4) is 21.3 Å². The molecule has 0 aliphatic heterocycles. The highest BCUT2D eigenvalue weighted by Crippen LogP contribution is 2.45. The third kappa shape index (κ3) is 1.72. The summed E-state index contributed by atoms with van der Waals surface area (Å²) >= 11 is 3.42. The molecule has 0 atom stereocenters. The molecular weight excluding hydrogens is 240 g/mol. The van der Waals surface area contributed by atoms with Crippen LogP contribution in [0.4, 0.5) is 0 Å². The number of ether oxygens (including phenoxy) is 2. The van der Waals surface area contributed by atoms with Crippen molar-refractivity contribution in [1.29, 1.82) is 0 Å². The van der Waals surface area contributed by atoms with Crippen LogP contribution in [0.15, 0.2) is 10.8 Å². The van der Waals surface area contributed by atoms with E-state index in [1.807, 2.05) is 5.38 Å². The van der Waals surface area contributed by atoms with Crippen LogP contribution in [0.5, 0.6) is 11.5 Å². The quantitative estimate of drug-likeness (QED) is 0.820. The molecule has 4 heteroatoms. The highest BCUT2D eigenvalue weighted by atomic mass is 32.1. The fourth-order valence-electron chi connectivity index (χ4n) is 1.67. The van der Waals surface area contributed by atoms with Crippen molar-refractivity contribution in [2.24, 2.45) is 0 Å². The molecule has 86 valence electrons. The summed E-state index contributed by atoms with van der Waals surface area (Å²) in [5.74, 6) is 1.94. The van der Waals surface area contributed by atoms with Crippen LogP contribution in [0.2, 0.25) is 0 Å². The zero-order valence-corrected chi connectivity index (χ0v) is 11.4. The molecule has 2 aromatic heterocycles. The molecule has 0 aliphatic carbocycles. The third-order valence-electron chi connectivity index (χ3n) is 2.54. The summed E-state index contributed by atoms with van der Waals surface area (Å²) in [7, 11) is 3.43. The lowest BCUT2D eigenvalue weighted by Crippen LogP contribution is -1.86. The molecule has 0 aromatic carbocycles. The standard InChI is InChI=1S/C12H14O2S2/c1-7-5-15-12(10(7)14-4)11-8(2)9(13-3)6-16-11/h5-6H,1-4H3. The Bertz CT molecular complexity index is 497. The molecule has 0 bridgehead atoms. The van der Waals surface area contributed by atoms with Crippen LogP contribution in [-0.2, 0) is 0 Å². The molecule has 0 amide bonds. The van der Waals surface area contributed by atoms with Crippen LogP contribution in [0.25, 0.3) is 9.75 Å². The van der Waals surface area contributed by atoms with Crippen molar-refractivity contribution in [1.82, 2.24) is 0 Å². The van der Waals surface area contributed by atoms with E-state index in [4.69, 9.17) is 9.47 Å². The van der Waals surface area contributed by atoms with Gasteiger partial charge in [0.1, 0.15) is 11.5 Å². The van der Waals surface area contributed by atoms with Crippen LogP contribution in [0, 0.1) is 13.8 Å². The molecule has 0 aliphatic rings. The van der Waals surface area contributed by atoms with Crippen molar-refractivity contribution >= 4 is 22.7 Å². The van der Waals surface area contributed by atoms with E-state index in [0.717, 1.165) is 11.5 Å². The van der Waals surface area contributed by atoms with Gasteiger partial charge in [-0.05, 0) is 19.2 Å². The lowest BCUT2D eigenvalue weighted by Gasteiger charge is -2.03. The van der Waals surface area contributed by atoms with Crippen molar-refractivity contribution in [3.05, 3.63) is 21.9 Å². The summed E-state index contributed by atoms with van der Waals surface area (Å²) in [5.41, 5.74) is 2.38. The van der Waals surface area contributed by atoms with Gasteiger partial charge in [0, 0.05) is 16.5 Å². The van der Waals surface area contributed by atoms with E-state index in [0.29, 0.717) is 0 Å². The molecule has 2 aromatic rings. The first-order valence-corrected chi connectivity index (χ1v) is 6.69. The first-order valence-electron chi connectivity index (χ1n) is 4.93. The van der Waals surface area contributed by atoms with Crippen LogP contribution in [0.1, 0.15) is 11.1 Å². The van der Waals surface area contributed by atoms with Gasteiger partial charge in [-0.3, -0.25) is 0 Å². The SMILES string of the molecule is COc1csc(-c2scc(C)c2OC)c1C. The summed E-state index contributed by atoms with van der Waals surface area (Å²) in [6, 6.07) is 0. The predicted octanol–water partition coefficient (Wildman–Crippen LogP) is 4.11. The van der Waals surface area contributed by atoms with Gasteiger partial charge >= 0.3 is 0 Å². The minimum Gasteiger partial charge on any atom is -0.496 e. The molecule has 0 fully saturated rings. The second-order valence-corrected chi connectivity index (χ2v) is 5.30. The summed E-state index contributed by atoms with van der Waals surface area (Å²) in [6.07, 6.45) is 0. The molecule has 0 unspecified atom stereocenters. The second-order valence-electron chi connectivity index (χ2n) is 3.54. The van der Waals surface area contributed by atoms with Gasteiger partial charge in [-0.15, -0.1) is 22.7 Å². The van der Waals surface area contributed by atoms with Gasteiger partial charge in [0.25, 0.3) is 0 Å². The number of aryl methyl sites for hydroxylation is 1. The molecule has 0 N–H and O–H groups in total. The Balaban J connectivity index is 2.54. The van der Waals surface area contributed by atoms with E-state index < -0.39 is 0 Å². The lowest BCUT2D eigenvalue weighted by atomic mass is 10.2. The number of thiophene rings is 2. The summed E-state index contributed by atoms with van der Waals surface area (Å²) in [6.45, 7) is 4.15. The van der Waals surface area contributed by atoms with Crippen LogP contribution in [-0.4, -0.2) is 14.2 Å². The minimum absolute atomic E-state index is 0.952. The predicted molar refractivity (Wildman–Crippen MR) is 70.2 cm³/mol. The molecule has 2 nitrogen and oxygen atoms in total. The molecule has 0 saturated carbocycles. The average Bonchev–Trinajstić information content (AvgIpc) is 2.81. The summed E-state index contributed by atoms with van der Waals surface area (Å²) in [4.78, 5) is 2.44. The minimum atomic E-state index is 0.952. The van der Waals surface area contributed by atoms with E-state index in [9.17, 15) is 0 Å². The number of hydrogen-bond donors (Lipinski definition) is 0. The summed E-state index contributed by atoms with van der Waals surface area (Å²) < 4.78 is 10.7. The Hall–Kier alpha value is -1.00. The largest absolute Gasteiger partial charge is 0.496 e. The first kappa shape index (κ1) is 11.5. The zero-order valence-electron chi connectivity index (χ0n) is 9.79. The number of rotatable bonds is 3. The fourth-order valence-corrected chi connectivity index (χ4v) is 3.95. The average molecular weight is 254 g/mol. The Morgan fingerprint density at radius 2 is 1.62 bits per heavy atom. The van der Waals surface area contributed by atoms with Gasteiger partial charge in [-0.2, -0.15) is 0 Å². The van der Waals surface area contributed by atoms with E-state index in [1.54, 1.807) is 36.9 Å². The zero-order chi connectivity index (χ0) is 11.7. The molecule has 2 heterocycles. The van der Waals surface area contributed by atoms with Crippen molar-refractivity contribution in [3.63, 3.8) is 0 Å². The Labute approximate surface area is 103 Å². The third-order valence-corrected chi connectivity index (χ3v) is 4.85. The van der Waals surface area contributed by atoms with Gasteiger partial charge in [-0.25, -0.2) is 0 Å². The highest BCUT2D eigenvalue weighted by molar-refractivity contribution is 7.21. The first-order chi connectivity index (χ1) is 7.69. The van der Waals surface area contributed by atoms with Crippen molar-refractivity contribution < 1.29 is 9.47 Å². The maximum atomic E-state index is 5.44. The number of methoxy groups -OCH3 is 2. The molecule has 16 heavy (non-hydrogen) atoms. The normalized spacial score (nSPS) is 10.5. The van der Waals surface area contributed by atoms with Crippen LogP contribution >= 0.6 is 22.7 Å². The van der Waals surface area contributed by atoms with Gasteiger partial charge < -0.3 is 9.47 Å². The van der Waals surface area contributed by atoms with E-state index in [1.165, 1.54) is 20.9 Å². The van der Waals surface area contributed by atoms with Gasteiger partial charge in [0.05, 0.1) is 24.0 Å². The van der Waals surface area contributed by atoms with Crippen LogP contribution < -0.4 is 9.47 Å². The molecule has 2 rings (SSSR count). The van der Waals surface area contributed by atoms with Gasteiger partial charge in [0.15, 0.2) is 0 Å². The van der Waals surface area contributed by atoms with Crippen molar-refractivity contribution in [2.45, 2.75) is 13.8 Å². The second kappa shape index (κ2) is 4.47. The van der Waals surface area contributed by atoms with E-state index >= 15 is 0 Å². The van der Waals surface area contributed by atoms with Gasteiger partial charge in [-0.1, -0.05) is 0 Å². The summed E-state index contributed by atoms with van der Waals surface area (Å²) in [5, 5.41) is 4.17. The maximum absolute atomic E-state index is 5.44. The fraction of sp³-hybridized carbons (Fsp3) is 0.333. The Kier molecular flexibility index (Phi) is 3.21. The van der Waals surface area contributed by atoms with Gasteiger partial charge in [0.2, 0.25) is 0 Å². The molecule has 0 saturated heterocycles. The molecule has 0 spiro atoms. The number of hydrogen-bond acceptors (Lipinski definition) is 4. The molecular formula is C12H14O2S2. The lowest BCUT2D eigenvalue weighted by molar-refractivity contribution is 0.413. The Morgan fingerprint density at radius 1 is 0.938 bits per heavy atom.